The van der Waals surface area contributed by atoms with Crippen LogP contribution in [0.25, 0.3) is 0 Å². The van der Waals surface area contributed by atoms with Crippen LogP contribution in [0.15, 0.2) is 15.7 Å². The van der Waals surface area contributed by atoms with Crippen LogP contribution < -0.4 is 5.73 Å². The molecule has 0 radical (unpaired) electrons. The third-order valence-electron chi connectivity index (χ3n) is 1.49. The first-order valence-corrected chi connectivity index (χ1v) is 6.52. The first-order valence-electron chi connectivity index (χ1n) is 3.42. The zero-order valence-corrected chi connectivity index (χ0v) is 10.1. The fourth-order valence-corrected chi connectivity index (χ4v) is 2.37. The van der Waals surface area contributed by atoms with Gasteiger partial charge in [-0.05, 0) is 22.0 Å². The summed E-state index contributed by atoms with van der Waals surface area (Å²) in [6.45, 7) is 0. The molecule has 0 saturated heterocycles. The Hall–Kier alpha value is -0.470. The third-order valence-corrected chi connectivity index (χ3v) is 3.11. The molecule has 0 fully saturated rings. The number of halogens is 4. The van der Waals surface area contributed by atoms with Gasteiger partial charge in [-0.2, -0.15) is 0 Å². The van der Waals surface area contributed by atoms with Gasteiger partial charge in [0.2, 0.25) is 0 Å². The number of rotatable bonds is 2. The van der Waals surface area contributed by atoms with Crippen LogP contribution in [0.2, 0.25) is 0 Å². The molecule has 1 aromatic rings. The molecule has 0 saturated carbocycles. The monoisotopic (exact) mass is 320 g/mol. The molecular formula is C6H4BrClF2N2O2S. The number of nitrogens with zero attached hydrogens (tertiary/aromatic N) is 1. The van der Waals surface area contributed by atoms with Crippen molar-refractivity contribution in [3.63, 3.8) is 0 Å². The molecule has 15 heavy (non-hydrogen) atoms. The van der Waals surface area contributed by atoms with Crippen molar-refractivity contribution in [2.45, 2.75) is 11.5 Å². The minimum atomic E-state index is -4.24. The number of hydrogen-bond acceptors (Lipinski definition) is 4. The molecule has 0 aliphatic carbocycles. The summed E-state index contributed by atoms with van der Waals surface area (Å²) in [5, 5.41) is -0.770. The van der Waals surface area contributed by atoms with E-state index in [1.54, 1.807) is 0 Å². The fourth-order valence-electron chi connectivity index (χ4n) is 0.885. The van der Waals surface area contributed by atoms with Gasteiger partial charge < -0.3 is 5.73 Å². The van der Waals surface area contributed by atoms with E-state index in [1.165, 1.54) is 0 Å². The summed E-state index contributed by atoms with van der Waals surface area (Å²) in [6, 6.07) is 0.936. The van der Waals surface area contributed by atoms with E-state index in [-0.39, 0.29) is 4.60 Å². The highest BCUT2D eigenvalue weighted by molar-refractivity contribution is 9.10. The van der Waals surface area contributed by atoms with Crippen LogP contribution in [0.4, 0.5) is 14.5 Å². The maximum Gasteiger partial charge on any atom is 0.280 e. The van der Waals surface area contributed by atoms with Crippen LogP contribution in [0.3, 0.4) is 0 Å². The number of anilines is 1. The second-order valence-electron chi connectivity index (χ2n) is 2.49. The largest absolute Gasteiger partial charge is 0.396 e. The molecule has 0 spiro atoms. The lowest BCUT2D eigenvalue weighted by Gasteiger charge is -2.07. The molecular weight excluding hydrogens is 317 g/mol. The van der Waals surface area contributed by atoms with Crippen molar-refractivity contribution in [1.29, 1.82) is 0 Å². The third kappa shape index (κ3) is 2.76. The summed E-state index contributed by atoms with van der Waals surface area (Å²) >= 11 is 2.78. The van der Waals surface area contributed by atoms with E-state index >= 15 is 0 Å². The molecule has 0 aliphatic rings. The molecule has 9 heteroatoms. The van der Waals surface area contributed by atoms with E-state index in [1.807, 2.05) is 0 Å². The van der Waals surface area contributed by atoms with E-state index < -0.39 is 31.8 Å². The van der Waals surface area contributed by atoms with Crippen molar-refractivity contribution in [3.05, 3.63) is 16.2 Å². The summed E-state index contributed by atoms with van der Waals surface area (Å²) < 4.78 is 46.6. The van der Waals surface area contributed by atoms with Crippen LogP contribution in [0.5, 0.6) is 0 Å². The van der Waals surface area contributed by atoms with Gasteiger partial charge in [0.15, 0.2) is 5.03 Å². The highest BCUT2D eigenvalue weighted by Crippen LogP contribution is 2.32. The molecule has 0 atom stereocenters. The molecule has 0 aliphatic heterocycles. The molecule has 84 valence electrons. The Morgan fingerprint density at radius 1 is 1.53 bits per heavy atom. The number of aromatic nitrogens is 1. The summed E-state index contributed by atoms with van der Waals surface area (Å²) in [5.41, 5.74) is 3.95. The van der Waals surface area contributed by atoms with E-state index in [9.17, 15) is 17.2 Å². The van der Waals surface area contributed by atoms with Gasteiger partial charge in [-0.1, -0.05) is 0 Å². The lowest BCUT2D eigenvalue weighted by molar-refractivity contribution is 0.152. The van der Waals surface area contributed by atoms with Crippen LogP contribution >= 0.6 is 26.6 Å². The lowest BCUT2D eigenvalue weighted by atomic mass is 10.2. The van der Waals surface area contributed by atoms with Crippen LogP contribution in [0.1, 0.15) is 12.0 Å². The SMILES string of the molecule is Nc1c(C(F)F)cc(Br)nc1S(=O)(=O)Cl. The van der Waals surface area contributed by atoms with Crippen molar-refractivity contribution in [2.24, 2.45) is 0 Å². The number of nitrogen functional groups attached to an aromatic ring is 1. The zero-order chi connectivity index (χ0) is 11.8. The summed E-state index contributed by atoms with van der Waals surface area (Å²) in [5.74, 6) is 0. The Labute approximate surface area is 97.0 Å². The highest BCUT2D eigenvalue weighted by Gasteiger charge is 2.23. The molecule has 1 heterocycles. The van der Waals surface area contributed by atoms with Crippen molar-refractivity contribution >= 4 is 41.4 Å². The van der Waals surface area contributed by atoms with Crippen molar-refractivity contribution in [2.75, 3.05) is 5.73 Å². The van der Waals surface area contributed by atoms with Crippen molar-refractivity contribution in [3.8, 4) is 0 Å². The van der Waals surface area contributed by atoms with Gasteiger partial charge in [-0.25, -0.2) is 22.2 Å². The van der Waals surface area contributed by atoms with Gasteiger partial charge >= 0.3 is 0 Å². The van der Waals surface area contributed by atoms with E-state index in [4.69, 9.17) is 16.4 Å². The van der Waals surface area contributed by atoms with Crippen LogP contribution in [0, 0.1) is 0 Å². The predicted octanol–water partition coefficient (Wildman–Crippen LogP) is 2.29. The summed E-state index contributed by atoms with van der Waals surface area (Å²) in [6.07, 6.45) is -2.90. The van der Waals surface area contributed by atoms with E-state index in [2.05, 4.69) is 20.9 Å². The molecule has 1 aromatic heterocycles. The Morgan fingerprint density at radius 3 is 2.47 bits per heavy atom. The van der Waals surface area contributed by atoms with Crippen LogP contribution in [-0.4, -0.2) is 13.4 Å². The number of alkyl halides is 2. The molecule has 0 bridgehead atoms. The van der Waals surface area contributed by atoms with Gasteiger partial charge in [-0.15, -0.1) is 0 Å². The van der Waals surface area contributed by atoms with Gasteiger partial charge in [0.1, 0.15) is 4.60 Å². The lowest BCUT2D eigenvalue weighted by Crippen LogP contribution is -2.06. The average molecular weight is 322 g/mol. The smallest absolute Gasteiger partial charge is 0.280 e. The second-order valence-corrected chi connectivity index (χ2v) is 5.79. The van der Waals surface area contributed by atoms with E-state index in [0.29, 0.717) is 0 Å². The maximum absolute atomic E-state index is 12.4. The molecule has 0 unspecified atom stereocenters. The quantitative estimate of drug-likeness (QED) is 0.670. The maximum atomic E-state index is 12.4. The molecule has 4 nitrogen and oxygen atoms in total. The first-order chi connectivity index (χ1) is 6.73. The second kappa shape index (κ2) is 4.18. The van der Waals surface area contributed by atoms with Gasteiger partial charge in [0.05, 0.1) is 5.69 Å². The van der Waals surface area contributed by atoms with Crippen molar-refractivity contribution < 1.29 is 17.2 Å². The number of hydrogen-bond donors (Lipinski definition) is 1. The molecule has 1 rings (SSSR count). The Bertz CT molecular complexity index is 494. The Balaban J connectivity index is 3.56. The standard InChI is InChI=1S/C6H4BrClF2N2O2S/c7-3-1-2(5(9)10)4(11)6(12-3)15(8,13)14/h1,5H,11H2. The Morgan fingerprint density at radius 2 is 2.07 bits per heavy atom. The fraction of sp³-hybridized carbons (Fsp3) is 0.167. The van der Waals surface area contributed by atoms with Crippen LogP contribution in [-0.2, 0) is 9.05 Å². The average Bonchev–Trinajstić information content (AvgIpc) is 2.06. The minimum absolute atomic E-state index is 0.0776. The highest BCUT2D eigenvalue weighted by atomic mass is 79.9. The molecule has 2 N–H and O–H groups in total. The predicted molar refractivity (Wildman–Crippen MR) is 54.3 cm³/mol. The van der Waals surface area contributed by atoms with Crippen molar-refractivity contribution in [1.82, 2.24) is 4.98 Å². The normalized spacial score (nSPS) is 12.1. The van der Waals surface area contributed by atoms with Gasteiger partial charge in [0, 0.05) is 16.2 Å². The first kappa shape index (κ1) is 12.6. The summed E-state index contributed by atoms with van der Waals surface area (Å²) in [7, 11) is 0.737. The molecule has 0 aromatic carbocycles. The zero-order valence-electron chi connectivity index (χ0n) is 6.92. The number of pyridine rings is 1. The van der Waals surface area contributed by atoms with Gasteiger partial charge in [0.25, 0.3) is 15.5 Å². The topological polar surface area (TPSA) is 73.0 Å². The van der Waals surface area contributed by atoms with Gasteiger partial charge in [-0.3, -0.25) is 0 Å². The minimum Gasteiger partial charge on any atom is -0.396 e. The van der Waals surface area contributed by atoms with E-state index in [0.717, 1.165) is 6.07 Å². The molecule has 0 amide bonds. The number of nitrogens with two attached hydrogens (primary N) is 1. The Kier molecular flexibility index (Phi) is 3.51. The summed E-state index contributed by atoms with van der Waals surface area (Å²) in [4.78, 5) is 3.43.